The van der Waals surface area contributed by atoms with Gasteiger partial charge in [-0.15, -0.1) is 12.6 Å². The van der Waals surface area contributed by atoms with Crippen molar-refractivity contribution in [2.75, 3.05) is 35.2 Å². The molecule has 0 atom stereocenters. The maximum atomic E-state index is 4.97. The van der Waals surface area contributed by atoms with E-state index in [1.54, 1.807) is 0 Å². The van der Waals surface area contributed by atoms with E-state index in [9.17, 15) is 0 Å². The minimum absolute atomic E-state index is 0.162. The van der Waals surface area contributed by atoms with E-state index in [0.717, 1.165) is 0 Å². The van der Waals surface area contributed by atoms with Crippen LogP contribution in [0.1, 0.15) is 0 Å². The standard InChI is InChI=1S/C7H17N3S2/c1-8(2)6(9(3)4)10(5)7(11)12/h6H,1-5H3,(H,11,12). The van der Waals surface area contributed by atoms with Gasteiger partial charge in [0.15, 0.2) is 0 Å². The first-order chi connectivity index (χ1) is 5.37. The molecule has 12 heavy (non-hydrogen) atoms. The van der Waals surface area contributed by atoms with Gasteiger partial charge in [-0.3, -0.25) is 9.80 Å². The summed E-state index contributed by atoms with van der Waals surface area (Å²) in [5.74, 6) is 0. The van der Waals surface area contributed by atoms with Crippen molar-refractivity contribution in [2.24, 2.45) is 0 Å². The van der Waals surface area contributed by atoms with E-state index in [2.05, 4.69) is 22.4 Å². The summed E-state index contributed by atoms with van der Waals surface area (Å²) >= 11 is 9.10. The molecule has 0 aliphatic rings. The Morgan fingerprint density at radius 2 is 1.42 bits per heavy atom. The number of thiocarbonyl (C=S) groups is 1. The van der Waals surface area contributed by atoms with Crippen LogP contribution in [0.2, 0.25) is 0 Å². The highest BCUT2D eigenvalue weighted by Gasteiger charge is 2.19. The topological polar surface area (TPSA) is 9.72 Å². The second-order valence-electron chi connectivity index (χ2n) is 3.17. The number of hydrogen-bond acceptors (Lipinski definition) is 3. The minimum atomic E-state index is 0.162. The lowest BCUT2D eigenvalue weighted by molar-refractivity contribution is 0.0383. The van der Waals surface area contributed by atoms with Gasteiger partial charge in [-0.25, -0.2) is 0 Å². The molecule has 0 aliphatic carbocycles. The molecule has 0 aromatic rings. The van der Waals surface area contributed by atoms with Gasteiger partial charge in [-0.1, -0.05) is 12.2 Å². The molecule has 0 aromatic heterocycles. The molecule has 72 valence electrons. The van der Waals surface area contributed by atoms with Crippen molar-refractivity contribution in [3.8, 4) is 0 Å². The Bertz CT molecular complexity index is 151. The third-order valence-electron chi connectivity index (χ3n) is 1.57. The molecule has 0 rings (SSSR count). The first-order valence-electron chi connectivity index (χ1n) is 3.66. The summed E-state index contributed by atoms with van der Waals surface area (Å²) in [5.41, 5.74) is 0. The van der Waals surface area contributed by atoms with Crippen LogP contribution in [0.5, 0.6) is 0 Å². The second-order valence-corrected chi connectivity index (χ2v) is 4.28. The van der Waals surface area contributed by atoms with Gasteiger partial charge in [0.1, 0.15) is 10.6 Å². The van der Waals surface area contributed by atoms with Gasteiger partial charge >= 0.3 is 0 Å². The molecule has 0 saturated heterocycles. The molecule has 0 heterocycles. The highest BCUT2D eigenvalue weighted by molar-refractivity contribution is 8.10. The average Bonchev–Trinajstić information content (AvgIpc) is 1.85. The summed E-state index contributed by atoms with van der Waals surface area (Å²) in [4.78, 5) is 6.07. The van der Waals surface area contributed by atoms with E-state index < -0.39 is 0 Å². The predicted molar refractivity (Wildman–Crippen MR) is 60.5 cm³/mol. The molecule has 0 spiro atoms. The third kappa shape index (κ3) is 3.26. The summed E-state index contributed by atoms with van der Waals surface area (Å²) in [7, 11) is 9.96. The first-order valence-corrected chi connectivity index (χ1v) is 4.52. The predicted octanol–water partition coefficient (Wildman–Crippen LogP) is 0.540. The van der Waals surface area contributed by atoms with E-state index in [1.807, 2.05) is 40.1 Å². The highest BCUT2D eigenvalue weighted by atomic mass is 32.1. The molecule has 0 aromatic carbocycles. The summed E-state index contributed by atoms with van der Waals surface area (Å²) in [6.45, 7) is 0. The Labute approximate surface area is 85.7 Å². The van der Waals surface area contributed by atoms with E-state index in [-0.39, 0.29) is 6.29 Å². The molecule has 0 bridgehead atoms. The van der Waals surface area contributed by atoms with Gasteiger partial charge in [-0.05, 0) is 28.2 Å². The molecular formula is C7H17N3S2. The Morgan fingerprint density at radius 3 is 1.50 bits per heavy atom. The van der Waals surface area contributed by atoms with Crippen LogP contribution in [0.3, 0.4) is 0 Å². The lowest BCUT2D eigenvalue weighted by atomic mass is 10.6. The molecule has 0 amide bonds. The third-order valence-corrected chi connectivity index (χ3v) is 2.18. The van der Waals surface area contributed by atoms with Crippen LogP contribution in [0.4, 0.5) is 0 Å². The van der Waals surface area contributed by atoms with Crippen molar-refractivity contribution in [2.45, 2.75) is 6.29 Å². The largest absolute Gasteiger partial charge is 0.332 e. The van der Waals surface area contributed by atoms with Gasteiger partial charge < -0.3 is 4.90 Å². The molecule has 0 N–H and O–H groups in total. The Morgan fingerprint density at radius 1 is 1.08 bits per heavy atom. The van der Waals surface area contributed by atoms with Crippen molar-refractivity contribution < 1.29 is 0 Å². The normalized spacial score (nSPS) is 11.4. The van der Waals surface area contributed by atoms with Gasteiger partial charge in [0, 0.05) is 7.05 Å². The van der Waals surface area contributed by atoms with E-state index in [1.165, 1.54) is 0 Å². The van der Waals surface area contributed by atoms with Crippen LogP contribution < -0.4 is 0 Å². The van der Waals surface area contributed by atoms with Crippen LogP contribution >= 0.6 is 24.8 Å². The summed E-state index contributed by atoms with van der Waals surface area (Å²) in [6, 6.07) is 0. The lowest BCUT2D eigenvalue weighted by Crippen LogP contribution is -2.52. The molecule has 0 saturated carbocycles. The van der Waals surface area contributed by atoms with E-state index in [0.29, 0.717) is 4.32 Å². The Balaban J connectivity index is 4.40. The fraction of sp³-hybridized carbons (Fsp3) is 0.857. The minimum Gasteiger partial charge on any atom is -0.332 e. The van der Waals surface area contributed by atoms with Crippen molar-refractivity contribution in [1.82, 2.24) is 14.7 Å². The smallest absolute Gasteiger partial charge is 0.139 e. The van der Waals surface area contributed by atoms with E-state index >= 15 is 0 Å². The maximum absolute atomic E-state index is 4.97. The average molecular weight is 207 g/mol. The number of nitrogens with zero attached hydrogens (tertiary/aromatic N) is 3. The van der Waals surface area contributed by atoms with Crippen LogP contribution in [-0.2, 0) is 0 Å². The molecule has 5 heteroatoms. The molecule has 0 unspecified atom stereocenters. The van der Waals surface area contributed by atoms with Gasteiger partial charge in [-0.2, -0.15) is 0 Å². The zero-order chi connectivity index (χ0) is 9.89. The van der Waals surface area contributed by atoms with Gasteiger partial charge in [0.2, 0.25) is 0 Å². The Hall–Kier alpha value is 0.160. The fourth-order valence-corrected chi connectivity index (χ4v) is 1.45. The fourth-order valence-electron chi connectivity index (χ4n) is 1.25. The zero-order valence-corrected chi connectivity index (χ0v) is 9.99. The van der Waals surface area contributed by atoms with Crippen molar-refractivity contribution in [3.63, 3.8) is 0 Å². The van der Waals surface area contributed by atoms with Crippen molar-refractivity contribution in [3.05, 3.63) is 0 Å². The molecular weight excluding hydrogens is 190 g/mol. The van der Waals surface area contributed by atoms with Crippen LogP contribution in [0.15, 0.2) is 0 Å². The highest BCUT2D eigenvalue weighted by Crippen LogP contribution is 2.05. The zero-order valence-electron chi connectivity index (χ0n) is 8.27. The molecule has 3 nitrogen and oxygen atoms in total. The second kappa shape index (κ2) is 5.01. The Kier molecular flexibility index (Phi) is 5.08. The summed E-state index contributed by atoms with van der Waals surface area (Å²) < 4.78 is 0.599. The monoisotopic (exact) mass is 207 g/mol. The maximum Gasteiger partial charge on any atom is 0.139 e. The van der Waals surface area contributed by atoms with Crippen LogP contribution in [0, 0.1) is 0 Å². The van der Waals surface area contributed by atoms with E-state index in [4.69, 9.17) is 12.2 Å². The van der Waals surface area contributed by atoms with Gasteiger partial charge in [0.05, 0.1) is 0 Å². The molecule has 0 aliphatic heterocycles. The quantitative estimate of drug-likeness (QED) is 0.411. The number of rotatable bonds is 3. The summed E-state index contributed by atoms with van der Waals surface area (Å²) in [5, 5.41) is 0. The lowest BCUT2D eigenvalue weighted by Gasteiger charge is -2.38. The van der Waals surface area contributed by atoms with Crippen molar-refractivity contribution in [1.29, 1.82) is 0 Å². The number of thiol groups is 1. The van der Waals surface area contributed by atoms with Crippen molar-refractivity contribution >= 4 is 29.2 Å². The molecule has 0 fully saturated rings. The van der Waals surface area contributed by atoms with Gasteiger partial charge in [0.25, 0.3) is 0 Å². The summed E-state index contributed by atoms with van der Waals surface area (Å²) in [6.07, 6.45) is 0.162. The first kappa shape index (κ1) is 12.2. The molecule has 0 radical (unpaired) electrons. The number of hydrogen-bond donors (Lipinski definition) is 1. The SMILES string of the molecule is CN(C)C(N(C)C)N(C)C(=S)S. The van der Waals surface area contributed by atoms with Crippen LogP contribution in [0.25, 0.3) is 0 Å². The van der Waals surface area contributed by atoms with Crippen LogP contribution in [-0.4, -0.2) is 60.5 Å².